The molecular weight excluding hydrogens is 753 g/mol. The largest absolute Gasteiger partial charge is 0.509 e. The monoisotopic (exact) mass is 806 g/mol. The molecule has 2 aromatic heterocycles. The molecule has 2 aliphatic rings. The maximum atomic E-state index is 15.2. The molecule has 57 heavy (non-hydrogen) atoms. The number of hydrogen-bond donors (Lipinski definition) is 0. The number of carbonyl (C=O) groups excluding carboxylic acids is 2. The molecule has 7 rings (SSSR count). The molecule has 9 nitrogen and oxygen atoms in total. The zero-order chi connectivity index (χ0) is 40.4. The van der Waals surface area contributed by atoms with E-state index >= 15 is 9.59 Å². The van der Waals surface area contributed by atoms with Crippen LogP contribution in [0.15, 0.2) is 102 Å². The minimum atomic E-state index is -3.28. The van der Waals surface area contributed by atoms with Gasteiger partial charge in [0, 0.05) is 33.4 Å². The lowest BCUT2D eigenvalue weighted by Gasteiger charge is -2.46. The van der Waals surface area contributed by atoms with Crippen LogP contribution in [0.3, 0.4) is 0 Å². The highest BCUT2D eigenvalue weighted by molar-refractivity contribution is 7.20. The van der Waals surface area contributed by atoms with E-state index in [1.54, 1.807) is 19.6 Å². The Balaban J connectivity index is 1.32. The molecule has 2 aliphatic heterocycles. The van der Waals surface area contributed by atoms with Gasteiger partial charge in [0.25, 0.3) is 5.97 Å². The van der Waals surface area contributed by atoms with Crippen LogP contribution in [0.2, 0.25) is 5.04 Å². The topological polar surface area (TPSA) is 100 Å². The van der Waals surface area contributed by atoms with Crippen molar-refractivity contribution in [2.45, 2.75) is 78.2 Å². The number of aromatic nitrogens is 1. The molecule has 0 saturated carbocycles. The number of anilines is 1. The molecule has 0 spiro atoms. The van der Waals surface area contributed by atoms with Gasteiger partial charge in [0.05, 0.1) is 40.7 Å². The van der Waals surface area contributed by atoms with Crippen molar-refractivity contribution in [3.05, 3.63) is 120 Å². The van der Waals surface area contributed by atoms with Gasteiger partial charge in [0.2, 0.25) is 5.89 Å². The van der Waals surface area contributed by atoms with Gasteiger partial charge in [-0.05, 0) is 65.7 Å². The Labute approximate surface area is 341 Å². The lowest BCUT2D eigenvalue weighted by atomic mass is 9.72. The highest BCUT2D eigenvalue weighted by Crippen LogP contribution is 2.49. The molecule has 0 amide bonds. The molecule has 1 fully saturated rings. The van der Waals surface area contributed by atoms with Crippen molar-refractivity contribution in [1.82, 2.24) is 4.98 Å². The van der Waals surface area contributed by atoms with E-state index in [1.807, 2.05) is 69.3 Å². The average molecular weight is 807 g/mol. The summed E-state index contributed by atoms with van der Waals surface area (Å²) in [6.45, 7) is 14.6. The number of fused-ring (bicyclic) bond motifs is 1. The van der Waals surface area contributed by atoms with Gasteiger partial charge >= 0.3 is 8.32 Å². The van der Waals surface area contributed by atoms with E-state index in [4.69, 9.17) is 23.1 Å². The van der Waals surface area contributed by atoms with Crippen LogP contribution < -0.4 is 15.3 Å². The fraction of sp³-hybridized carbons (Fsp3) is 0.413. The number of ketones is 1. The number of hydrogen-bond acceptors (Lipinski definition) is 10. The summed E-state index contributed by atoms with van der Waals surface area (Å²) < 4.78 is 31.3. The summed E-state index contributed by atoms with van der Waals surface area (Å²) in [5.41, 5.74) is 2.23. The second-order valence-corrected chi connectivity index (χ2v) is 22.0. The number of carbonyl (C=O) groups is 2. The van der Waals surface area contributed by atoms with Crippen LogP contribution in [0.25, 0.3) is 10.8 Å². The molecule has 11 heteroatoms. The van der Waals surface area contributed by atoms with Crippen LogP contribution in [-0.2, 0) is 30.0 Å². The van der Waals surface area contributed by atoms with E-state index in [0.717, 1.165) is 49.8 Å². The molecule has 1 unspecified atom stereocenters. The molecule has 4 heterocycles. The summed E-state index contributed by atoms with van der Waals surface area (Å²) in [7, 11) is -1.59. The highest BCUT2D eigenvalue weighted by Gasteiger charge is 2.57. The van der Waals surface area contributed by atoms with Crippen molar-refractivity contribution in [2.24, 2.45) is 11.3 Å². The van der Waals surface area contributed by atoms with Crippen LogP contribution in [0, 0.1) is 18.3 Å². The van der Waals surface area contributed by atoms with Crippen molar-refractivity contribution in [3.8, 4) is 10.8 Å². The van der Waals surface area contributed by atoms with E-state index in [2.05, 4.69) is 67.1 Å². The van der Waals surface area contributed by atoms with Gasteiger partial charge in [-0.2, -0.15) is 0 Å². The molecule has 3 aromatic carbocycles. The number of Topliss-reactive ketones (excluding diaryl/α,β-unsaturated/α-hetero) is 1. The van der Waals surface area contributed by atoms with Gasteiger partial charge in [0.1, 0.15) is 17.4 Å². The first-order valence-corrected chi connectivity index (χ1v) is 22.6. The number of nitrogens with zero attached hydrogens (tertiary/aromatic N) is 2. The second-order valence-electron chi connectivity index (χ2n) is 16.7. The molecule has 0 N–H and O–H groups in total. The molecular formula is C46H54N2O7SSi. The van der Waals surface area contributed by atoms with Gasteiger partial charge in [-0.25, -0.2) is 4.98 Å². The smallest absolute Gasteiger partial charge is 0.323 e. The van der Waals surface area contributed by atoms with Gasteiger partial charge in [-0.15, -0.1) is 11.3 Å². The molecule has 0 bridgehead atoms. The van der Waals surface area contributed by atoms with Crippen LogP contribution in [0.4, 0.5) is 5.00 Å². The van der Waals surface area contributed by atoms with Gasteiger partial charge in [-0.3, -0.25) is 9.59 Å². The third-order valence-electron chi connectivity index (χ3n) is 11.7. The number of oxazole rings is 1. The summed E-state index contributed by atoms with van der Waals surface area (Å²) in [5.74, 6) is -0.750. The molecule has 0 aliphatic carbocycles. The zero-order valence-electron chi connectivity index (χ0n) is 34.1. The summed E-state index contributed by atoms with van der Waals surface area (Å²) in [6, 6.07) is 28.5. The predicted molar refractivity (Wildman–Crippen MR) is 227 cm³/mol. The molecule has 2 atom stereocenters. The van der Waals surface area contributed by atoms with Crippen molar-refractivity contribution in [2.75, 3.05) is 38.3 Å². The third-order valence-corrected chi connectivity index (χ3v) is 17.9. The Hall–Kier alpha value is -4.39. The maximum Gasteiger partial charge on any atom is 0.323 e. The predicted octanol–water partition coefficient (Wildman–Crippen LogP) is 8.54. The first-order chi connectivity index (χ1) is 27.4. The summed E-state index contributed by atoms with van der Waals surface area (Å²) >= 11 is 1.50. The minimum absolute atomic E-state index is 0.00636. The Kier molecular flexibility index (Phi) is 12.0. The first kappa shape index (κ1) is 40.8. The van der Waals surface area contributed by atoms with Crippen LogP contribution >= 0.6 is 11.3 Å². The average Bonchev–Trinajstić information content (AvgIpc) is 3.87. The van der Waals surface area contributed by atoms with Crippen LogP contribution in [-0.4, -0.2) is 64.6 Å². The van der Waals surface area contributed by atoms with Gasteiger partial charge < -0.3 is 28.0 Å². The minimum Gasteiger partial charge on any atom is -0.509 e. The zero-order valence-corrected chi connectivity index (χ0v) is 35.9. The molecule has 5 aromatic rings. The quantitative estimate of drug-likeness (QED) is 0.108. The highest BCUT2D eigenvalue weighted by atomic mass is 32.1. The number of benzene rings is 3. The van der Waals surface area contributed by atoms with E-state index in [1.165, 1.54) is 11.3 Å². The Morgan fingerprint density at radius 3 is 2.18 bits per heavy atom. The Morgan fingerprint density at radius 2 is 1.58 bits per heavy atom. The third kappa shape index (κ3) is 7.92. The lowest BCUT2D eigenvalue weighted by molar-refractivity contribution is -0.147. The fourth-order valence-corrected chi connectivity index (χ4v) is 14.2. The summed E-state index contributed by atoms with van der Waals surface area (Å²) in [4.78, 5) is 37.8. The van der Waals surface area contributed by atoms with E-state index in [-0.39, 0.29) is 24.0 Å². The molecule has 1 saturated heterocycles. The first-order valence-electron chi connectivity index (χ1n) is 19.8. The second kappa shape index (κ2) is 16.8. The standard InChI is InChI=1S/C46H54N2O7SSi/c1-31-39-40(49)37(46(5,6)44(50)55-57(45(2,3)4,34-17-10-8-11-18-34)35-19-12-9-13-20-35)28-48(43(39)56-41(31)42-47-24-27-53-42)29-38(54-33-22-25-52-26-23-33)36-21-15-14-16-32(36)30-51-7/h8-21,24,27,33,37-38H,22-23,25-26,28-30H2,1-7H3/t37?,38-/m0/s1. The van der Waals surface area contributed by atoms with Crippen molar-refractivity contribution in [3.63, 3.8) is 0 Å². The SMILES string of the molecule is COCc1ccccc1[C@H](CN1CC(C(C)(C)C(=O)O[Si](c2ccccc2)(c2ccccc2)C(C)(C)C)C(=O)c2c1sc(-c1ncco1)c2C)OC1CCOCC1. The maximum absolute atomic E-state index is 15.2. The summed E-state index contributed by atoms with van der Waals surface area (Å²) in [5, 5.41) is 2.39. The molecule has 300 valence electrons. The summed E-state index contributed by atoms with van der Waals surface area (Å²) in [6.07, 6.45) is 4.40. The fourth-order valence-electron chi connectivity index (χ4n) is 8.48. The van der Waals surface area contributed by atoms with Gasteiger partial charge in [-0.1, -0.05) is 106 Å². The molecule has 0 radical (unpaired) electrons. The normalized spacial score (nSPS) is 17.4. The van der Waals surface area contributed by atoms with Gasteiger partial charge in [0.15, 0.2) is 5.78 Å². The number of rotatable bonds is 13. The lowest BCUT2D eigenvalue weighted by Crippen LogP contribution is -2.68. The Morgan fingerprint density at radius 1 is 0.947 bits per heavy atom. The Bertz CT molecular complexity index is 2100. The van der Waals surface area contributed by atoms with Crippen molar-refractivity contribution in [1.29, 1.82) is 0 Å². The van der Waals surface area contributed by atoms with E-state index < -0.39 is 24.7 Å². The van der Waals surface area contributed by atoms with Crippen LogP contribution in [0.1, 0.15) is 80.6 Å². The number of thiophene rings is 1. The van der Waals surface area contributed by atoms with E-state index in [0.29, 0.717) is 44.4 Å². The number of methoxy groups -OCH3 is 1. The van der Waals surface area contributed by atoms with Crippen molar-refractivity contribution >= 4 is 46.8 Å². The van der Waals surface area contributed by atoms with Crippen LogP contribution in [0.5, 0.6) is 0 Å². The number of ether oxygens (including phenoxy) is 3. The van der Waals surface area contributed by atoms with Crippen molar-refractivity contribution < 1.29 is 32.6 Å². The van der Waals surface area contributed by atoms with E-state index in [9.17, 15) is 0 Å².